The van der Waals surface area contributed by atoms with Gasteiger partial charge in [-0.05, 0) is 83.0 Å². The highest BCUT2D eigenvalue weighted by Crippen LogP contribution is 2.29. The largest absolute Gasteiger partial charge is 0.465 e. The van der Waals surface area contributed by atoms with Gasteiger partial charge in [-0.25, -0.2) is 0 Å². The molecule has 1 aromatic rings. The molecule has 4 heteroatoms. The Labute approximate surface area is 165 Å². The van der Waals surface area contributed by atoms with E-state index >= 15 is 0 Å². The summed E-state index contributed by atoms with van der Waals surface area (Å²) < 4.78 is 11.9. The van der Waals surface area contributed by atoms with Crippen molar-refractivity contribution < 1.29 is 9.15 Å². The number of hydrogen-bond acceptors (Lipinski definition) is 4. The number of likely N-dealkylation sites (tertiary alicyclic amines) is 1. The number of hydrogen-bond donors (Lipinski definition) is 0. The molecule has 0 amide bonds. The van der Waals surface area contributed by atoms with Gasteiger partial charge in [0.25, 0.3) is 0 Å². The highest BCUT2D eigenvalue weighted by molar-refractivity contribution is 5.18. The molecule has 152 valence electrons. The minimum Gasteiger partial charge on any atom is -0.465 e. The van der Waals surface area contributed by atoms with Gasteiger partial charge >= 0.3 is 0 Å². The summed E-state index contributed by atoms with van der Waals surface area (Å²) in [5, 5.41) is 0. The van der Waals surface area contributed by atoms with Crippen LogP contribution in [0, 0.1) is 19.8 Å². The molecule has 1 aromatic heterocycles. The Morgan fingerprint density at radius 1 is 1.00 bits per heavy atom. The molecular weight excluding hydrogens is 336 g/mol. The summed E-state index contributed by atoms with van der Waals surface area (Å²) in [4.78, 5) is 5.40. The topological polar surface area (TPSA) is 28.9 Å². The second-order valence-electron chi connectivity index (χ2n) is 9.20. The van der Waals surface area contributed by atoms with Crippen LogP contribution in [0.15, 0.2) is 10.5 Å². The number of rotatable bonds is 7. The van der Waals surface area contributed by atoms with Crippen LogP contribution in [-0.2, 0) is 11.3 Å². The Morgan fingerprint density at radius 2 is 1.78 bits per heavy atom. The van der Waals surface area contributed by atoms with Crippen LogP contribution in [0.3, 0.4) is 0 Å². The van der Waals surface area contributed by atoms with Crippen LogP contribution in [0.4, 0.5) is 0 Å². The summed E-state index contributed by atoms with van der Waals surface area (Å²) >= 11 is 0. The Kier molecular flexibility index (Phi) is 6.57. The van der Waals surface area contributed by atoms with Gasteiger partial charge in [0, 0.05) is 25.7 Å². The van der Waals surface area contributed by atoms with E-state index in [9.17, 15) is 0 Å². The van der Waals surface area contributed by atoms with Crippen molar-refractivity contribution in [1.82, 2.24) is 9.80 Å². The van der Waals surface area contributed by atoms with Crippen molar-refractivity contribution in [2.45, 2.75) is 83.9 Å². The number of furan rings is 1. The summed E-state index contributed by atoms with van der Waals surface area (Å²) in [6.07, 6.45) is 11.3. The molecule has 2 aliphatic heterocycles. The van der Waals surface area contributed by atoms with Gasteiger partial charge in [-0.1, -0.05) is 12.8 Å². The second-order valence-corrected chi connectivity index (χ2v) is 9.20. The Hall–Kier alpha value is -0.840. The molecule has 4 nitrogen and oxygen atoms in total. The van der Waals surface area contributed by atoms with E-state index in [2.05, 4.69) is 29.7 Å². The maximum absolute atomic E-state index is 5.99. The van der Waals surface area contributed by atoms with Crippen LogP contribution in [0.1, 0.15) is 68.5 Å². The predicted molar refractivity (Wildman–Crippen MR) is 109 cm³/mol. The first-order valence-corrected chi connectivity index (χ1v) is 11.3. The summed E-state index contributed by atoms with van der Waals surface area (Å²) in [7, 11) is 0. The fraction of sp³-hybridized carbons (Fsp3) is 0.826. The van der Waals surface area contributed by atoms with Gasteiger partial charge in [0.1, 0.15) is 11.5 Å². The first kappa shape index (κ1) is 19.5. The van der Waals surface area contributed by atoms with Crippen LogP contribution in [0.25, 0.3) is 0 Å². The highest BCUT2D eigenvalue weighted by atomic mass is 16.5. The maximum Gasteiger partial charge on any atom is 0.118 e. The van der Waals surface area contributed by atoms with E-state index in [1.807, 2.05) is 0 Å². The minimum absolute atomic E-state index is 0.417. The van der Waals surface area contributed by atoms with Gasteiger partial charge in [0.2, 0.25) is 0 Å². The molecule has 1 aliphatic carbocycles. The number of ether oxygens (including phenoxy) is 1. The molecular formula is C23H38N2O2. The lowest BCUT2D eigenvalue weighted by Crippen LogP contribution is -2.43. The summed E-state index contributed by atoms with van der Waals surface area (Å²) in [6.45, 7) is 10.9. The van der Waals surface area contributed by atoms with Crippen molar-refractivity contribution in [1.29, 1.82) is 0 Å². The zero-order chi connectivity index (χ0) is 18.6. The van der Waals surface area contributed by atoms with Crippen molar-refractivity contribution in [3.8, 4) is 0 Å². The number of nitrogens with zero attached hydrogens (tertiary/aromatic N) is 2. The fourth-order valence-electron chi connectivity index (χ4n) is 5.36. The number of piperidine rings is 1. The lowest BCUT2D eigenvalue weighted by Gasteiger charge is -2.38. The zero-order valence-electron chi connectivity index (χ0n) is 17.4. The van der Waals surface area contributed by atoms with Gasteiger partial charge in [0.05, 0.1) is 12.6 Å². The fourth-order valence-corrected chi connectivity index (χ4v) is 5.36. The van der Waals surface area contributed by atoms with E-state index in [1.54, 1.807) is 0 Å². The van der Waals surface area contributed by atoms with Crippen LogP contribution in [0.5, 0.6) is 0 Å². The van der Waals surface area contributed by atoms with Gasteiger partial charge in [0.15, 0.2) is 0 Å². The van der Waals surface area contributed by atoms with E-state index in [0.29, 0.717) is 6.10 Å². The van der Waals surface area contributed by atoms with Crippen LogP contribution >= 0.6 is 0 Å². The van der Waals surface area contributed by atoms with E-state index < -0.39 is 0 Å². The van der Waals surface area contributed by atoms with Crippen molar-refractivity contribution in [2.24, 2.45) is 5.92 Å². The number of aryl methyl sites for hydroxylation is 2. The molecule has 3 fully saturated rings. The average molecular weight is 375 g/mol. The molecule has 0 spiro atoms. The SMILES string of the molecule is Cc1cc(CN(CC2CCN(C3CCCC3)CC2)C[C@@H]2CCCO2)oc1C. The molecule has 0 aromatic carbocycles. The van der Waals surface area contributed by atoms with Gasteiger partial charge in [-0.2, -0.15) is 0 Å². The third kappa shape index (κ3) is 5.16. The average Bonchev–Trinajstić information content (AvgIpc) is 3.40. The minimum atomic E-state index is 0.417. The molecule has 2 saturated heterocycles. The molecule has 27 heavy (non-hydrogen) atoms. The molecule has 0 N–H and O–H groups in total. The van der Waals surface area contributed by atoms with Crippen molar-refractivity contribution in [3.05, 3.63) is 23.2 Å². The zero-order valence-corrected chi connectivity index (χ0v) is 17.4. The van der Waals surface area contributed by atoms with Crippen LogP contribution in [0.2, 0.25) is 0 Å². The third-order valence-electron chi connectivity index (χ3n) is 7.09. The monoisotopic (exact) mass is 374 g/mol. The Morgan fingerprint density at radius 3 is 2.41 bits per heavy atom. The molecule has 0 radical (unpaired) electrons. The maximum atomic E-state index is 5.99. The van der Waals surface area contributed by atoms with Gasteiger partial charge in [-0.15, -0.1) is 0 Å². The molecule has 3 aliphatic rings. The van der Waals surface area contributed by atoms with E-state index in [0.717, 1.165) is 43.2 Å². The quantitative estimate of drug-likeness (QED) is 0.701. The predicted octanol–water partition coefficient (Wildman–Crippen LogP) is 4.53. The highest BCUT2D eigenvalue weighted by Gasteiger charge is 2.29. The van der Waals surface area contributed by atoms with Crippen LogP contribution < -0.4 is 0 Å². The van der Waals surface area contributed by atoms with Crippen LogP contribution in [-0.4, -0.2) is 54.7 Å². The van der Waals surface area contributed by atoms with Crippen molar-refractivity contribution in [2.75, 3.05) is 32.8 Å². The first-order chi connectivity index (χ1) is 13.2. The molecule has 0 unspecified atom stereocenters. The smallest absolute Gasteiger partial charge is 0.118 e. The van der Waals surface area contributed by atoms with E-state index in [-0.39, 0.29) is 0 Å². The van der Waals surface area contributed by atoms with Crippen molar-refractivity contribution in [3.63, 3.8) is 0 Å². The molecule has 4 rings (SSSR count). The molecule has 3 heterocycles. The summed E-state index contributed by atoms with van der Waals surface area (Å²) in [6, 6.07) is 3.11. The summed E-state index contributed by atoms with van der Waals surface area (Å²) in [5.41, 5.74) is 1.27. The molecule has 0 bridgehead atoms. The molecule has 1 atom stereocenters. The molecule has 1 saturated carbocycles. The standard InChI is InChI=1S/C23H38N2O2/c1-18-14-23(27-19(18)2)17-24(16-22-8-5-13-26-22)15-20-9-11-25(12-10-20)21-6-3-4-7-21/h14,20-22H,3-13,15-17H2,1-2H3/t22-/m0/s1. The van der Waals surface area contributed by atoms with E-state index in [1.165, 1.54) is 76.6 Å². The van der Waals surface area contributed by atoms with Crippen molar-refractivity contribution >= 4 is 0 Å². The Bertz CT molecular complexity index is 560. The summed E-state index contributed by atoms with van der Waals surface area (Å²) in [5.74, 6) is 3.00. The normalized spacial score (nSPS) is 25.8. The Balaban J connectivity index is 1.32. The lowest BCUT2D eigenvalue weighted by atomic mass is 9.94. The lowest BCUT2D eigenvalue weighted by molar-refractivity contribution is 0.0514. The first-order valence-electron chi connectivity index (χ1n) is 11.3. The van der Waals surface area contributed by atoms with E-state index in [4.69, 9.17) is 9.15 Å². The third-order valence-corrected chi connectivity index (χ3v) is 7.09. The second kappa shape index (κ2) is 9.11. The van der Waals surface area contributed by atoms with Gasteiger partial charge < -0.3 is 14.1 Å². The van der Waals surface area contributed by atoms with Gasteiger partial charge in [-0.3, -0.25) is 4.90 Å².